The van der Waals surface area contributed by atoms with E-state index in [1.54, 1.807) is 29.5 Å². The van der Waals surface area contributed by atoms with Gasteiger partial charge in [-0.1, -0.05) is 0 Å². The van der Waals surface area contributed by atoms with E-state index in [2.05, 4.69) is 15.2 Å². The van der Waals surface area contributed by atoms with Gasteiger partial charge in [-0.2, -0.15) is 0 Å². The Morgan fingerprint density at radius 1 is 1.56 bits per heavy atom. The fourth-order valence-corrected chi connectivity index (χ4v) is 0.679. The van der Waals surface area contributed by atoms with E-state index in [0.717, 1.165) is 5.82 Å². The average molecular weight is 120 g/mol. The van der Waals surface area contributed by atoms with Gasteiger partial charge in [-0.3, -0.25) is 4.57 Å². The summed E-state index contributed by atoms with van der Waals surface area (Å²) in [5.41, 5.74) is 0. The zero-order chi connectivity index (χ0) is 6.10. The van der Waals surface area contributed by atoms with Crippen LogP contribution in [0.3, 0.4) is 0 Å². The Morgan fingerprint density at radius 3 is 3.44 bits per heavy atom. The standard InChI is InChI=1S/C5H4N4/c1-2-9-4-7-8-5(9)3-6-1/h1-4H/q+1. The fourth-order valence-electron chi connectivity index (χ4n) is 0.679. The Morgan fingerprint density at radius 2 is 2.56 bits per heavy atom. The van der Waals surface area contributed by atoms with Crippen LogP contribution in [0.5, 0.6) is 0 Å². The predicted molar refractivity (Wildman–Crippen MR) is 32.7 cm³/mol. The van der Waals surface area contributed by atoms with E-state index in [1.807, 2.05) is 0 Å². The first-order valence-corrected chi connectivity index (χ1v) is 2.56. The molecule has 9 heavy (non-hydrogen) atoms. The van der Waals surface area contributed by atoms with Crippen LogP contribution in [-0.2, 0) is 0 Å². The molecule has 4 heteroatoms. The lowest BCUT2D eigenvalue weighted by atomic mass is 10.6. The summed E-state index contributed by atoms with van der Waals surface area (Å²) in [4.78, 5) is 3.86. The normalized spacial score (nSPS) is 13.8. The average Bonchev–Trinajstić information content (AvgIpc) is 2.33. The van der Waals surface area contributed by atoms with Crippen LogP contribution in [0.2, 0.25) is 0 Å². The summed E-state index contributed by atoms with van der Waals surface area (Å²) in [6.45, 7) is 0. The highest BCUT2D eigenvalue weighted by atomic mass is 15.3. The zero-order valence-electron chi connectivity index (χ0n) is 4.60. The van der Waals surface area contributed by atoms with Gasteiger partial charge in [0, 0.05) is 0 Å². The molecule has 0 amide bonds. The molecular weight excluding hydrogens is 116 g/mol. The van der Waals surface area contributed by atoms with Crippen LogP contribution in [0, 0.1) is 0 Å². The molecule has 1 aliphatic heterocycles. The Hall–Kier alpha value is -1.45. The van der Waals surface area contributed by atoms with Crippen molar-refractivity contribution in [3.05, 3.63) is 18.4 Å². The van der Waals surface area contributed by atoms with Crippen LogP contribution in [0.4, 0.5) is 0 Å². The van der Waals surface area contributed by atoms with Crippen molar-refractivity contribution in [2.75, 3.05) is 0 Å². The third-order valence-corrected chi connectivity index (χ3v) is 1.10. The Bertz CT molecular complexity index is 244. The van der Waals surface area contributed by atoms with Crippen molar-refractivity contribution < 1.29 is 0 Å². The topological polar surface area (TPSA) is 44.8 Å². The van der Waals surface area contributed by atoms with E-state index in [-0.39, 0.29) is 0 Å². The third kappa shape index (κ3) is 0.561. The third-order valence-electron chi connectivity index (χ3n) is 1.10. The van der Waals surface area contributed by atoms with Crippen LogP contribution in [-0.4, -0.2) is 21.0 Å². The monoisotopic (exact) mass is 120 g/mol. The van der Waals surface area contributed by atoms with Crippen molar-refractivity contribution >= 4 is 12.4 Å². The summed E-state index contributed by atoms with van der Waals surface area (Å²) >= 11 is 0. The van der Waals surface area contributed by atoms with Crippen molar-refractivity contribution in [1.29, 1.82) is 0 Å². The Balaban J connectivity index is 2.68. The molecule has 0 saturated carbocycles. The van der Waals surface area contributed by atoms with Gasteiger partial charge in [0.05, 0.1) is 11.2 Å². The molecule has 0 aromatic carbocycles. The maximum Gasteiger partial charge on any atom is 0.287 e. The summed E-state index contributed by atoms with van der Waals surface area (Å²) in [6.07, 6.45) is 6.79. The summed E-state index contributed by atoms with van der Waals surface area (Å²) in [6, 6.07) is 0. The smallest absolute Gasteiger partial charge is 0.277 e. The van der Waals surface area contributed by atoms with E-state index in [1.165, 1.54) is 0 Å². The molecular formula is C5H4N4+. The minimum Gasteiger partial charge on any atom is -0.277 e. The van der Waals surface area contributed by atoms with Crippen LogP contribution >= 0.6 is 0 Å². The van der Waals surface area contributed by atoms with Crippen molar-refractivity contribution in [3.63, 3.8) is 0 Å². The van der Waals surface area contributed by atoms with Gasteiger partial charge in [0.2, 0.25) is 5.82 Å². The number of hydrogen-bond donors (Lipinski definition) is 0. The molecule has 2 heterocycles. The van der Waals surface area contributed by atoms with E-state index < -0.39 is 0 Å². The molecule has 0 spiro atoms. The Labute approximate surface area is 51.6 Å². The van der Waals surface area contributed by atoms with Crippen molar-refractivity contribution in [2.24, 2.45) is 0 Å². The first-order chi connectivity index (χ1) is 4.47. The number of aliphatic imine (C=N–C) groups is 1. The van der Waals surface area contributed by atoms with Crippen molar-refractivity contribution in [1.82, 2.24) is 19.8 Å². The molecule has 0 N–H and O–H groups in total. The van der Waals surface area contributed by atoms with E-state index >= 15 is 0 Å². The molecule has 0 saturated heterocycles. The molecule has 0 fully saturated rings. The van der Waals surface area contributed by atoms with Gasteiger partial charge >= 0.3 is 0 Å². The first kappa shape index (κ1) is 4.43. The maximum absolute atomic E-state index is 3.86. The van der Waals surface area contributed by atoms with Crippen molar-refractivity contribution in [2.45, 2.75) is 0 Å². The van der Waals surface area contributed by atoms with Crippen LogP contribution in [0.25, 0.3) is 6.20 Å². The second-order valence-corrected chi connectivity index (χ2v) is 1.67. The number of aromatic nitrogens is 3. The van der Waals surface area contributed by atoms with Crippen LogP contribution in [0.1, 0.15) is 5.82 Å². The highest BCUT2D eigenvalue weighted by Gasteiger charge is 2.06. The molecule has 1 aliphatic rings. The van der Waals surface area contributed by atoms with Gasteiger partial charge in [-0.15, -0.1) is 10.2 Å². The quantitative estimate of drug-likeness (QED) is 0.462. The second-order valence-electron chi connectivity index (χ2n) is 1.67. The molecule has 1 aromatic rings. The largest absolute Gasteiger partial charge is 0.287 e. The SMILES string of the molecule is C1=Cn2cnnc2C=[N+]1. The minimum absolute atomic E-state index is 0.775. The molecule has 2 rings (SSSR count). The fraction of sp³-hybridized carbons (Fsp3) is 0. The highest BCUT2D eigenvalue weighted by molar-refractivity contribution is 5.76. The minimum atomic E-state index is 0.775. The summed E-state index contributed by atoms with van der Waals surface area (Å²) in [5, 5.41) is 7.44. The second kappa shape index (κ2) is 1.51. The molecule has 43 valence electrons. The summed E-state index contributed by atoms with van der Waals surface area (Å²) in [7, 11) is 0. The summed E-state index contributed by atoms with van der Waals surface area (Å²) in [5.74, 6) is 0.775. The predicted octanol–water partition coefficient (Wildman–Crippen LogP) is -0.525. The van der Waals surface area contributed by atoms with E-state index in [9.17, 15) is 0 Å². The van der Waals surface area contributed by atoms with E-state index in [4.69, 9.17) is 0 Å². The maximum atomic E-state index is 3.86. The lowest BCUT2D eigenvalue weighted by Gasteiger charge is -1.87. The van der Waals surface area contributed by atoms with Gasteiger partial charge in [0.1, 0.15) is 6.33 Å². The Kier molecular flexibility index (Phi) is 0.745. The molecule has 0 aliphatic carbocycles. The van der Waals surface area contributed by atoms with Gasteiger partial charge in [0.15, 0.2) is 0 Å². The van der Waals surface area contributed by atoms with Crippen molar-refractivity contribution in [3.8, 4) is 0 Å². The molecule has 1 radical (unpaired) electrons. The molecule has 0 unspecified atom stereocenters. The van der Waals surface area contributed by atoms with Gasteiger partial charge in [-0.05, 0) is 0 Å². The lowest BCUT2D eigenvalue weighted by Crippen LogP contribution is -2.01. The number of nitrogens with zero attached hydrogens (tertiary/aromatic N) is 4. The molecule has 0 bridgehead atoms. The molecule has 0 atom stereocenters. The summed E-state index contributed by atoms with van der Waals surface area (Å²) < 4.78 is 1.80. The molecule has 4 nitrogen and oxygen atoms in total. The number of rotatable bonds is 0. The highest BCUT2D eigenvalue weighted by Crippen LogP contribution is 1.93. The van der Waals surface area contributed by atoms with Crippen LogP contribution < -0.4 is 4.99 Å². The zero-order valence-corrected chi connectivity index (χ0v) is 4.60. The number of fused-ring (bicyclic) bond motifs is 1. The molecule has 1 aromatic heterocycles. The van der Waals surface area contributed by atoms with E-state index in [0.29, 0.717) is 0 Å². The van der Waals surface area contributed by atoms with Gasteiger partial charge < -0.3 is 0 Å². The van der Waals surface area contributed by atoms with Gasteiger partial charge in [-0.25, -0.2) is 0 Å². The lowest BCUT2D eigenvalue weighted by molar-refractivity contribution is 1.07. The van der Waals surface area contributed by atoms with Crippen LogP contribution in [0.15, 0.2) is 12.5 Å². The number of hydrogen-bond acceptors (Lipinski definition) is 3. The first-order valence-electron chi connectivity index (χ1n) is 2.56. The van der Waals surface area contributed by atoms with Gasteiger partial charge in [0.25, 0.3) is 12.4 Å².